The third-order valence-corrected chi connectivity index (χ3v) is 7.75. The fourth-order valence-corrected chi connectivity index (χ4v) is 5.89. The van der Waals surface area contributed by atoms with Gasteiger partial charge in [-0.15, -0.1) is 11.8 Å². The summed E-state index contributed by atoms with van der Waals surface area (Å²) in [6.45, 7) is 0.751. The van der Waals surface area contributed by atoms with Crippen LogP contribution in [0.15, 0.2) is 126 Å². The molecule has 0 fully saturated rings. The first-order valence-corrected chi connectivity index (χ1v) is 13.7. The monoisotopic (exact) mass is 489 g/mol. The van der Waals surface area contributed by atoms with Gasteiger partial charge in [0.05, 0.1) is 11.6 Å². The summed E-state index contributed by atoms with van der Waals surface area (Å²) in [5.74, 6) is 1.23. The first-order chi connectivity index (χ1) is 17.8. The van der Waals surface area contributed by atoms with Gasteiger partial charge < -0.3 is 4.90 Å². The molecule has 5 rings (SSSR count). The van der Waals surface area contributed by atoms with Crippen LogP contribution in [-0.4, -0.2) is 23.1 Å². The molecule has 1 aliphatic heterocycles. The van der Waals surface area contributed by atoms with Gasteiger partial charge in [0.2, 0.25) is 0 Å². The van der Waals surface area contributed by atoms with Gasteiger partial charge in [-0.1, -0.05) is 116 Å². The van der Waals surface area contributed by atoms with Crippen molar-refractivity contribution in [2.45, 2.75) is 30.2 Å². The third kappa shape index (κ3) is 5.47. The molecule has 0 bridgehead atoms. The Kier molecular flexibility index (Phi) is 7.99. The van der Waals surface area contributed by atoms with Gasteiger partial charge >= 0.3 is 0 Å². The molecule has 4 aromatic carbocycles. The predicted molar refractivity (Wildman–Crippen MR) is 152 cm³/mol. The van der Waals surface area contributed by atoms with Gasteiger partial charge in [0.25, 0.3) is 5.91 Å². The maximum absolute atomic E-state index is 14.0. The van der Waals surface area contributed by atoms with Crippen LogP contribution < -0.4 is 0 Å². The zero-order valence-corrected chi connectivity index (χ0v) is 21.2. The van der Waals surface area contributed by atoms with Crippen molar-refractivity contribution in [2.24, 2.45) is 0 Å². The van der Waals surface area contributed by atoms with Crippen LogP contribution in [0.1, 0.15) is 42.0 Å². The molecule has 0 radical (unpaired) electrons. The molecule has 0 saturated carbocycles. The molecule has 1 atom stereocenters. The van der Waals surface area contributed by atoms with Crippen molar-refractivity contribution < 1.29 is 4.79 Å². The minimum absolute atomic E-state index is 0.0880. The number of rotatable bonds is 10. The number of carbonyl (C=O) groups is 1. The molecule has 0 aromatic heterocycles. The van der Waals surface area contributed by atoms with Crippen LogP contribution in [-0.2, 0) is 4.79 Å². The summed E-state index contributed by atoms with van der Waals surface area (Å²) in [4.78, 5) is 17.5. The molecule has 0 N–H and O–H groups in total. The second-order valence-corrected chi connectivity index (χ2v) is 10.2. The zero-order valence-electron chi connectivity index (χ0n) is 20.4. The van der Waals surface area contributed by atoms with E-state index in [4.69, 9.17) is 0 Å². The second kappa shape index (κ2) is 11.9. The van der Waals surface area contributed by atoms with Gasteiger partial charge in [0.1, 0.15) is 0 Å². The highest BCUT2D eigenvalue weighted by atomic mass is 32.2. The standard InChI is InChI=1S/C33H31NOS/c35-33-31(27-18-8-2-9-19-27)30(26-16-6-1-7-17-26)32(28-20-10-3-11-21-28)34(33)24-14-5-15-25-36-29-22-12-4-13-23-29/h1-4,6-13,16-23,32H,5,14-15,24-25H2. The summed E-state index contributed by atoms with van der Waals surface area (Å²) in [5, 5.41) is 0. The number of hydrogen-bond acceptors (Lipinski definition) is 2. The van der Waals surface area contributed by atoms with Crippen LogP contribution in [0.4, 0.5) is 0 Å². The Morgan fingerprint density at radius 2 is 1.17 bits per heavy atom. The van der Waals surface area contributed by atoms with Crippen LogP contribution in [0.3, 0.4) is 0 Å². The number of unbranched alkanes of at least 4 members (excludes halogenated alkanes) is 2. The molecular formula is C33H31NOS. The van der Waals surface area contributed by atoms with Gasteiger partial charge in [-0.25, -0.2) is 0 Å². The fourth-order valence-electron chi connectivity index (χ4n) is 4.95. The highest BCUT2D eigenvalue weighted by Crippen LogP contribution is 2.47. The lowest BCUT2D eigenvalue weighted by molar-refractivity contribution is -0.125. The van der Waals surface area contributed by atoms with Crippen LogP contribution in [0.2, 0.25) is 0 Å². The van der Waals surface area contributed by atoms with E-state index in [2.05, 4.69) is 95.9 Å². The van der Waals surface area contributed by atoms with Crippen molar-refractivity contribution in [1.29, 1.82) is 0 Å². The highest BCUT2D eigenvalue weighted by Gasteiger charge is 2.40. The highest BCUT2D eigenvalue weighted by molar-refractivity contribution is 7.99. The second-order valence-electron chi connectivity index (χ2n) is 9.05. The summed E-state index contributed by atoms with van der Waals surface area (Å²) in [6.07, 6.45) is 3.24. The molecule has 0 spiro atoms. The number of nitrogens with zero attached hydrogens (tertiary/aromatic N) is 1. The van der Waals surface area contributed by atoms with Crippen molar-refractivity contribution in [3.05, 3.63) is 138 Å². The Labute approximate surface area is 218 Å². The molecule has 180 valence electrons. The first-order valence-electron chi connectivity index (χ1n) is 12.7. The van der Waals surface area contributed by atoms with E-state index < -0.39 is 0 Å². The molecule has 3 heteroatoms. The Balaban J connectivity index is 1.39. The van der Waals surface area contributed by atoms with E-state index in [1.807, 2.05) is 42.1 Å². The van der Waals surface area contributed by atoms with Gasteiger partial charge in [0.15, 0.2) is 0 Å². The summed E-state index contributed by atoms with van der Waals surface area (Å²) in [7, 11) is 0. The normalized spacial score (nSPS) is 15.5. The van der Waals surface area contributed by atoms with Crippen molar-refractivity contribution >= 4 is 28.8 Å². The van der Waals surface area contributed by atoms with Gasteiger partial charge in [-0.2, -0.15) is 0 Å². The molecule has 1 unspecified atom stereocenters. The summed E-state index contributed by atoms with van der Waals surface area (Å²) in [5.41, 5.74) is 5.20. The Bertz CT molecular complexity index is 1290. The zero-order chi connectivity index (χ0) is 24.6. The molecular weight excluding hydrogens is 458 g/mol. The van der Waals surface area contributed by atoms with Crippen molar-refractivity contribution in [3.8, 4) is 0 Å². The molecule has 0 saturated heterocycles. The number of benzene rings is 4. The Morgan fingerprint density at radius 1 is 0.611 bits per heavy atom. The molecule has 0 aliphatic carbocycles. The lowest BCUT2D eigenvalue weighted by atomic mass is 9.89. The Hall–Kier alpha value is -3.56. The van der Waals surface area contributed by atoms with Gasteiger partial charge in [-0.3, -0.25) is 4.79 Å². The minimum atomic E-state index is -0.0880. The molecule has 1 heterocycles. The Morgan fingerprint density at radius 3 is 1.81 bits per heavy atom. The number of thioether (sulfide) groups is 1. The average molecular weight is 490 g/mol. The van der Waals surface area contributed by atoms with Crippen LogP contribution in [0.25, 0.3) is 11.1 Å². The van der Waals surface area contributed by atoms with Crippen molar-refractivity contribution in [2.75, 3.05) is 12.3 Å². The molecule has 1 amide bonds. The SMILES string of the molecule is O=C1C(c2ccccc2)=C(c2ccccc2)C(c2ccccc2)N1CCCCCSc1ccccc1. The number of carbonyl (C=O) groups excluding carboxylic acids is 1. The molecule has 36 heavy (non-hydrogen) atoms. The quantitative estimate of drug-likeness (QED) is 0.165. The average Bonchev–Trinajstić information content (AvgIpc) is 3.24. The summed E-state index contributed by atoms with van der Waals surface area (Å²) >= 11 is 1.91. The lowest BCUT2D eigenvalue weighted by Crippen LogP contribution is -2.31. The van der Waals surface area contributed by atoms with E-state index in [0.717, 1.165) is 59.4 Å². The molecule has 1 aliphatic rings. The first kappa shape index (κ1) is 24.1. The van der Waals surface area contributed by atoms with Gasteiger partial charge in [-0.05, 0) is 53.0 Å². The van der Waals surface area contributed by atoms with Crippen LogP contribution in [0, 0.1) is 0 Å². The van der Waals surface area contributed by atoms with Crippen molar-refractivity contribution in [3.63, 3.8) is 0 Å². The topological polar surface area (TPSA) is 20.3 Å². The predicted octanol–water partition coefficient (Wildman–Crippen LogP) is 8.14. The molecule has 2 nitrogen and oxygen atoms in total. The lowest BCUT2D eigenvalue weighted by Gasteiger charge is -2.28. The van der Waals surface area contributed by atoms with E-state index in [1.54, 1.807) is 0 Å². The van der Waals surface area contributed by atoms with E-state index in [0.29, 0.717) is 0 Å². The van der Waals surface area contributed by atoms with E-state index >= 15 is 0 Å². The van der Waals surface area contributed by atoms with Crippen LogP contribution >= 0.6 is 11.8 Å². The number of amides is 1. The maximum atomic E-state index is 14.0. The van der Waals surface area contributed by atoms with E-state index in [1.165, 1.54) is 4.90 Å². The van der Waals surface area contributed by atoms with Crippen molar-refractivity contribution in [1.82, 2.24) is 4.90 Å². The van der Waals surface area contributed by atoms with E-state index in [-0.39, 0.29) is 11.9 Å². The fraction of sp³-hybridized carbons (Fsp3) is 0.182. The summed E-state index contributed by atoms with van der Waals surface area (Å²) in [6, 6.07) is 41.5. The smallest absolute Gasteiger partial charge is 0.255 e. The summed E-state index contributed by atoms with van der Waals surface area (Å²) < 4.78 is 0. The third-order valence-electron chi connectivity index (χ3n) is 6.65. The maximum Gasteiger partial charge on any atom is 0.255 e. The van der Waals surface area contributed by atoms with Crippen LogP contribution in [0.5, 0.6) is 0 Å². The van der Waals surface area contributed by atoms with E-state index in [9.17, 15) is 4.79 Å². The largest absolute Gasteiger partial charge is 0.327 e. The minimum Gasteiger partial charge on any atom is -0.327 e. The number of hydrogen-bond donors (Lipinski definition) is 0. The molecule has 4 aromatic rings. The van der Waals surface area contributed by atoms with Gasteiger partial charge in [0, 0.05) is 11.4 Å².